The minimum absolute atomic E-state index is 0.225. The van der Waals surface area contributed by atoms with E-state index in [0.29, 0.717) is 31.9 Å². The van der Waals surface area contributed by atoms with E-state index in [4.69, 9.17) is 9.47 Å². The molecular formula is C17H26FNO3. The van der Waals surface area contributed by atoms with E-state index in [9.17, 15) is 9.50 Å². The molecule has 0 aliphatic rings. The summed E-state index contributed by atoms with van der Waals surface area (Å²) in [7, 11) is 1.65. The van der Waals surface area contributed by atoms with Crippen LogP contribution in [0.25, 0.3) is 0 Å². The Hall–Kier alpha value is -1.27. The van der Waals surface area contributed by atoms with Crippen LogP contribution in [0, 0.1) is 5.82 Å². The van der Waals surface area contributed by atoms with Crippen LogP contribution in [0.5, 0.6) is 0 Å². The van der Waals surface area contributed by atoms with Crippen molar-refractivity contribution in [3.63, 3.8) is 0 Å². The average Bonchev–Trinajstić information content (AvgIpc) is 2.50. The number of rotatable bonds is 12. The molecule has 0 aliphatic carbocycles. The molecule has 124 valence electrons. The standard InChI is InChI=1S/C17H26FNO3/c1-3-10-22-14-16(20)13-19(9-6-11-21-2)12-15-7-4-5-8-17(15)18/h3-5,7-8,16,20H,1,6,9-14H2,2H3/t16-/m1/s1. The zero-order chi connectivity index (χ0) is 16.2. The van der Waals surface area contributed by atoms with E-state index in [-0.39, 0.29) is 12.4 Å². The van der Waals surface area contributed by atoms with Crippen LogP contribution < -0.4 is 0 Å². The van der Waals surface area contributed by atoms with Gasteiger partial charge in [-0.3, -0.25) is 4.90 Å². The van der Waals surface area contributed by atoms with Gasteiger partial charge >= 0.3 is 0 Å². The summed E-state index contributed by atoms with van der Waals surface area (Å²) in [6.45, 7) is 6.45. The highest BCUT2D eigenvalue weighted by Gasteiger charge is 2.14. The highest BCUT2D eigenvalue weighted by atomic mass is 19.1. The molecule has 0 unspecified atom stereocenters. The molecule has 1 rings (SSSR count). The summed E-state index contributed by atoms with van der Waals surface area (Å²) >= 11 is 0. The molecule has 22 heavy (non-hydrogen) atoms. The maximum atomic E-state index is 13.8. The monoisotopic (exact) mass is 311 g/mol. The number of ether oxygens (including phenoxy) is 2. The summed E-state index contributed by atoms with van der Waals surface area (Å²) < 4.78 is 24.1. The van der Waals surface area contributed by atoms with Crippen LogP contribution in [0.15, 0.2) is 36.9 Å². The van der Waals surface area contributed by atoms with Gasteiger partial charge in [0.15, 0.2) is 0 Å². The average molecular weight is 311 g/mol. The van der Waals surface area contributed by atoms with Crippen molar-refractivity contribution < 1.29 is 19.0 Å². The summed E-state index contributed by atoms with van der Waals surface area (Å²) in [5.74, 6) is -0.225. The van der Waals surface area contributed by atoms with Gasteiger partial charge in [0.25, 0.3) is 0 Å². The lowest BCUT2D eigenvalue weighted by molar-refractivity contribution is 0.0227. The zero-order valence-electron chi connectivity index (χ0n) is 13.2. The highest BCUT2D eigenvalue weighted by Crippen LogP contribution is 2.11. The SMILES string of the molecule is C=CCOC[C@H](O)CN(CCCOC)Cc1ccccc1F. The maximum absolute atomic E-state index is 13.8. The molecule has 0 fully saturated rings. The lowest BCUT2D eigenvalue weighted by atomic mass is 10.2. The van der Waals surface area contributed by atoms with Crippen LogP contribution in [0.4, 0.5) is 4.39 Å². The quantitative estimate of drug-likeness (QED) is 0.475. The maximum Gasteiger partial charge on any atom is 0.127 e. The molecule has 0 saturated carbocycles. The van der Waals surface area contributed by atoms with E-state index in [1.807, 2.05) is 11.0 Å². The topological polar surface area (TPSA) is 41.9 Å². The summed E-state index contributed by atoms with van der Waals surface area (Å²) in [5.41, 5.74) is 0.624. The summed E-state index contributed by atoms with van der Waals surface area (Å²) in [5, 5.41) is 10.0. The van der Waals surface area contributed by atoms with Gasteiger partial charge in [0.1, 0.15) is 5.82 Å². The first-order valence-corrected chi connectivity index (χ1v) is 7.48. The predicted octanol–water partition coefficient (Wildman–Crippen LogP) is 2.23. The fourth-order valence-electron chi connectivity index (χ4n) is 2.17. The van der Waals surface area contributed by atoms with Crippen molar-refractivity contribution >= 4 is 0 Å². The second kappa shape index (κ2) is 11.3. The molecule has 1 N–H and O–H groups in total. The third-order valence-corrected chi connectivity index (χ3v) is 3.19. The van der Waals surface area contributed by atoms with Crippen LogP contribution in [0.3, 0.4) is 0 Å². The largest absolute Gasteiger partial charge is 0.389 e. The predicted molar refractivity (Wildman–Crippen MR) is 85.2 cm³/mol. The molecule has 1 aromatic rings. The Balaban J connectivity index is 2.55. The summed E-state index contributed by atoms with van der Waals surface area (Å²) in [6.07, 6.45) is 1.85. The number of benzene rings is 1. The molecule has 1 atom stereocenters. The Kier molecular flexibility index (Phi) is 9.66. The Labute approximate surface area is 132 Å². The van der Waals surface area contributed by atoms with Gasteiger partial charge in [-0.1, -0.05) is 24.3 Å². The lowest BCUT2D eigenvalue weighted by Crippen LogP contribution is -2.35. The molecule has 0 aliphatic heterocycles. The minimum Gasteiger partial charge on any atom is -0.389 e. The van der Waals surface area contributed by atoms with Gasteiger partial charge in [-0.2, -0.15) is 0 Å². The van der Waals surface area contributed by atoms with E-state index >= 15 is 0 Å². The van der Waals surface area contributed by atoms with Gasteiger partial charge in [0, 0.05) is 38.9 Å². The van der Waals surface area contributed by atoms with Gasteiger partial charge in [-0.15, -0.1) is 6.58 Å². The number of nitrogens with zero attached hydrogens (tertiary/aromatic N) is 1. The Morgan fingerprint density at radius 3 is 2.86 bits per heavy atom. The molecule has 0 aromatic heterocycles. The zero-order valence-corrected chi connectivity index (χ0v) is 13.2. The molecule has 5 heteroatoms. The van der Waals surface area contributed by atoms with Crippen LogP contribution in [-0.2, 0) is 16.0 Å². The third kappa shape index (κ3) is 7.66. The number of aliphatic hydroxyl groups excluding tert-OH is 1. The Morgan fingerprint density at radius 1 is 1.41 bits per heavy atom. The molecule has 0 spiro atoms. The molecule has 0 heterocycles. The molecular weight excluding hydrogens is 285 g/mol. The molecule has 0 radical (unpaired) electrons. The van der Waals surface area contributed by atoms with Gasteiger partial charge < -0.3 is 14.6 Å². The summed E-state index contributed by atoms with van der Waals surface area (Å²) in [6, 6.07) is 6.70. The van der Waals surface area contributed by atoms with E-state index < -0.39 is 6.10 Å². The molecule has 1 aromatic carbocycles. The van der Waals surface area contributed by atoms with Crippen LogP contribution in [0.2, 0.25) is 0 Å². The molecule has 0 bridgehead atoms. The number of methoxy groups -OCH3 is 1. The number of hydrogen-bond donors (Lipinski definition) is 1. The second-order valence-electron chi connectivity index (χ2n) is 5.15. The van der Waals surface area contributed by atoms with E-state index in [1.54, 1.807) is 25.3 Å². The molecule has 0 amide bonds. The van der Waals surface area contributed by atoms with Crippen molar-refractivity contribution in [3.05, 3.63) is 48.3 Å². The Bertz CT molecular complexity index is 428. The van der Waals surface area contributed by atoms with Gasteiger partial charge in [-0.25, -0.2) is 4.39 Å². The van der Waals surface area contributed by atoms with Crippen LogP contribution in [0.1, 0.15) is 12.0 Å². The first-order chi connectivity index (χ1) is 10.7. The lowest BCUT2D eigenvalue weighted by Gasteiger charge is -2.25. The van der Waals surface area contributed by atoms with Gasteiger partial charge in [-0.05, 0) is 12.5 Å². The van der Waals surface area contributed by atoms with E-state index in [1.165, 1.54) is 6.07 Å². The number of halogens is 1. The number of aliphatic hydroxyl groups is 1. The molecule has 4 nitrogen and oxygen atoms in total. The van der Waals surface area contributed by atoms with Crippen LogP contribution >= 0.6 is 0 Å². The first-order valence-electron chi connectivity index (χ1n) is 7.48. The van der Waals surface area contributed by atoms with Gasteiger partial charge in [0.2, 0.25) is 0 Å². The highest BCUT2D eigenvalue weighted by molar-refractivity contribution is 5.17. The third-order valence-electron chi connectivity index (χ3n) is 3.19. The van der Waals surface area contributed by atoms with Crippen molar-refractivity contribution in [2.45, 2.75) is 19.1 Å². The van der Waals surface area contributed by atoms with Crippen molar-refractivity contribution in [2.75, 3.05) is 40.0 Å². The van der Waals surface area contributed by atoms with Crippen molar-refractivity contribution in [3.8, 4) is 0 Å². The normalized spacial score (nSPS) is 12.5. The smallest absolute Gasteiger partial charge is 0.127 e. The Morgan fingerprint density at radius 2 is 2.18 bits per heavy atom. The minimum atomic E-state index is -0.616. The van der Waals surface area contributed by atoms with Crippen LogP contribution in [-0.4, -0.2) is 56.1 Å². The fraction of sp³-hybridized carbons (Fsp3) is 0.529. The van der Waals surface area contributed by atoms with E-state index in [0.717, 1.165) is 13.0 Å². The second-order valence-corrected chi connectivity index (χ2v) is 5.15. The molecule has 0 saturated heterocycles. The van der Waals surface area contributed by atoms with Gasteiger partial charge in [0.05, 0.1) is 19.3 Å². The van der Waals surface area contributed by atoms with Crippen molar-refractivity contribution in [1.82, 2.24) is 4.90 Å². The van der Waals surface area contributed by atoms with Crippen molar-refractivity contribution in [1.29, 1.82) is 0 Å². The van der Waals surface area contributed by atoms with Crippen molar-refractivity contribution in [2.24, 2.45) is 0 Å². The fourth-order valence-corrected chi connectivity index (χ4v) is 2.17. The van der Waals surface area contributed by atoms with E-state index in [2.05, 4.69) is 6.58 Å². The first kappa shape index (κ1) is 18.8. The number of hydrogen-bond acceptors (Lipinski definition) is 4. The summed E-state index contributed by atoms with van der Waals surface area (Å²) in [4.78, 5) is 2.01.